The number of hydrogen-bond donors (Lipinski definition) is 1. The maximum atomic E-state index is 15.8. The van der Waals surface area contributed by atoms with Crippen molar-refractivity contribution in [1.29, 1.82) is 0 Å². The Labute approximate surface area is 252 Å². The molecule has 1 N–H and O–H groups in total. The first-order chi connectivity index (χ1) is 20.8. The Morgan fingerprint density at radius 2 is 1.84 bits per heavy atom. The van der Waals surface area contributed by atoms with Crippen molar-refractivity contribution >= 4 is 22.7 Å². The smallest absolute Gasteiger partial charge is 0.410 e. The first kappa shape index (κ1) is 30.6. The number of hydrogen-bond acceptors (Lipinski definition) is 6. The van der Waals surface area contributed by atoms with Crippen LogP contribution < -0.4 is 5.32 Å². The number of aromatic nitrogens is 2. The molecule has 3 aliphatic rings. The second kappa shape index (κ2) is 11.5. The normalized spacial score (nSPS) is 21.7. The van der Waals surface area contributed by atoms with Crippen LogP contribution in [0, 0.1) is 11.6 Å². The lowest BCUT2D eigenvalue weighted by molar-refractivity contribution is -0.150. The van der Waals surface area contributed by atoms with Gasteiger partial charge in [0.25, 0.3) is 0 Å². The summed E-state index contributed by atoms with van der Waals surface area (Å²) in [5.74, 6) is -1.90. The first-order valence-corrected chi connectivity index (χ1v) is 14.9. The van der Waals surface area contributed by atoms with E-state index < -0.39 is 47.7 Å². The lowest BCUT2D eigenvalue weighted by atomic mass is 9.85. The van der Waals surface area contributed by atoms with Gasteiger partial charge in [0.05, 0.1) is 30.3 Å². The van der Waals surface area contributed by atoms with E-state index in [-0.39, 0.29) is 44.0 Å². The molecule has 2 fully saturated rings. The summed E-state index contributed by atoms with van der Waals surface area (Å²) in [6.07, 6.45) is -0.571. The Balaban J connectivity index is 1.29. The van der Waals surface area contributed by atoms with Crippen LogP contribution in [0.2, 0.25) is 0 Å². The van der Waals surface area contributed by atoms with Crippen LogP contribution in [0.25, 0.3) is 10.9 Å². The molecule has 238 valence electrons. The molecule has 2 aromatic carbocycles. The fourth-order valence-corrected chi connectivity index (χ4v) is 6.41. The highest BCUT2D eigenvalue weighted by molar-refractivity contribution is 5.84. The van der Waals surface area contributed by atoms with E-state index in [4.69, 9.17) is 9.47 Å². The molecule has 4 heterocycles. The number of alkyl halides is 3. The van der Waals surface area contributed by atoms with E-state index in [2.05, 4.69) is 10.4 Å². The van der Waals surface area contributed by atoms with Gasteiger partial charge in [0.15, 0.2) is 6.23 Å². The predicted molar refractivity (Wildman–Crippen MR) is 153 cm³/mol. The molecule has 0 radical (unpaired) electrons. The number of likely N-dealkylation sites (tertiary alicyclic amines) is 1. The van der Waals surface area contributed by atoms with Crippen molar-refractivity contribution < 1.29 is 36.2 Å². The zero-order chi connectivity index (χ0) is 31.4. The number of fused-ring (bicyclic) bond motifs is 3. The molecular weight excluding hydrogens is 585 g/mol. The van der Waals surface area contributed by atoms with E-state index >= 15 is 8.78 Å². The van der Waals surface area contributed by atoms with Gasteiger partial charge in [-0.15, -0.1) is 0 Å². The van der Waals surface area contributed by atoms with Crippen molar-refractivity contribution in [2.45, 2.75) is 76.5 Å². The highest BCUT2D eigenvalue weighted by Gasteiger charge is 2.41. The first-order valence-electron chi connectivity index (χ1n) is 14.9. The number of carbonyl (C=O) groups is 1. The molecule has 2 unspecified atom stereocenters. The summed E-state index contributed by atoms with van der Waals surface area (Å²) in [5.41, 5.74) is 0.978. The summed E-state index contributed by atoms with van der Waals surface area (Å²) in [7, 11) is 0. The average molecular weight is 622 g/mol. The molecule has 2 saturated heterocycles. The number of ether oxygens (including phenoxy) is 2. The number of anilines is 1. The van der Waals surface area contributed by atoms with E-state index in [1.54, 1.807) is 43.8 Å². The number of nitrogens with zero attached hydrogens (tertiary/aromatic N) is 4. The van der Waals surface area contributed by atoms with Crippen LogP contribution in [0.5, 0.6) is 0 Å². The maximum absolute atomic E-state index is 15.8. The fraction of sp³-hybridized carbons (Fsp3) is 0.548. The second-order valence-corrected chi connectivity index (χ2v) is 12.8. The zero-order valence-electron chi connectivity index (χ0n) is 24.9. The molecule has 3 aromatic rings. The van der Waals surface area contributed by atoms with Crippen molar-refractivity contribution in [3.8, 4) is 0 Å². The number of carbonyl (C=O) groups excluding carboxylic acids is 1. The largest absolute Gasteiger partial charge is 0.444 e. The third-order valence-corrected chi connectivity index (χ3v) is 8.30. The van der Waals surface area contributed by atoms with E-state index in [1.165, 1.54) is 4.90 Å². The summed E-state index contributed by atoms with van der Waals surface area (Å²) in [6, 6.07) is 4.07. The molecule has 0 aliphatic carbocycles. The topological polar surface area (TPSA) is 71.9 Å². The lowest BCUT2D eigenvalue weighted by Gasteiger charge is -2.40. The SMILES string of the molecule is CC(C)(C)OC(=O)N1CC(Nc2cc(F)c(C3c4ccc5c(cnn5C5CCCCO5)c4CCN3CC(F)(F)F)c(F)c2)C1. The molecule has 0 saturated carbocycles. The summed E-state index contributed by atoms with van der Waals surface area (Å²) in [6.45, 7) is 5.12. The minimum absolute atomic E-state index is 0.0388. The average Bonchev–Trinajstić information content (AvgIpc) is 3.34. The third kappa shape index (κ3) is 6.21. The van der Waals surface area contributed by atoms with Crippen LogP contribution in [0.4, 0.5) is 32.4 Å². The number of amides is 1. The van der Waals surface area contributed by atoms with E-state index in [0.717, 1.165) is 52.8 Å². The molecule has 1 aromatic heterocycles. The van der Waals surface area contributed by atoms with Gasteiger partial charge < -0.3 is 19.7 Å². The van der Waals surface area contributed by atoms with Gasteiger partial charge in [-0.25, -0.2) is 18.3 Å². The van der Waals surface area contributed by atoms with Crippen molar-refractivity contribution in [3.63, 3.8) is 0 Å². The van der Waals surface area contributed by atoms with Gasteiger partial charge in [-0.1, -0.05) is 6.07 Å². The highest BCUT2D eigenvalue weighted by Crippen LogP contribution is 2.42. The summed E-state index contributed by atoms with van der Waals surface area (Å²) < 4.78 is 85.7. The van der Waals surface area contributed by atoms with Crippen LogP contribution in [-0.2, 0) is 15.9 Å². The van der Waals surface area contributed by atoms with Gasteiger partial charge in [-0.05, 0) is 75.8 Å². The Morgan fingerprint density at radius 1 is 1.11 bits per heavy atom. The molecule has 3 aliphatic heterocycles. The van der Waals surface area contributed by atoms with E-state index in [0.29, 0.717) is 12.2 Å². The summed E-state index contributed by atoms with van der Waals surface area (Å²) >= 11 is 0. The van der Waals surface area contributed by atoms with E-state index in [1.807, 2.05) is 0 Å². The molecule has 0 bridgehead atoms. The van der Waals surface area contributed by atoms with Gasteiger partial charge in [0.2, 0.25) is 0 Å². The molecule has 0 spiro atoms. The number of benzene rings is 2. The van der Waals surface area contributed by atoms with Gasteiger partial charge in [0.1, 0.15) is 17.2 Å². The molecule has 6 rings (SSSR count). The lowest BCUT2D eigenvalue weighted by Crippen LogP contribution is -2.57. The van der Waals surface area contributed by atoms with Crippen LogP contribution in [0.15, 0.2) is 30.5 Å². The Kier molecular flexibility index (Phi) is 7.98. The van der Waals surface area contributed by atoms with Crippen LogP contribution in [0.3, 0.4) is 0 Å². The monoisotopic (exact) mass is 621 g/mol. The standard InChI is InChI=1S/C31H36F5N5O3/c1-30(2,3)44-29(42)40-15-19(16-40)38-18-12-23(32)27(24(33)13-18)28-21-7-8-25-22(14-37-41(25)26-6-4-5-11-43-26)20(21)9-10-39(28)17-31(34,35)36/h7-8,12-14,19,26,28,38H,4-6,9-11,15-17H2,1-3H3. The Morgan fingerprint density at radius 3 is 2.48 bits per heavy atom. The minimum atomic E-state index is -4.57. The van der Waals surface area contributed by atoms with Crippen molar-refractivity contribution in [1.82, 2.24) is 19.6 Å². The van der Waals surface area contributed by atoms with E-state index in [9.17, 15) is 18.0 Å². The van der Waals surface area contributed by atoms with Gasteiger partial charge >= 0.3 is 12.3 Å². The van der Waals surface area contributed by atoms with Crippen LogP contribution >= 0.6 is 0 Å². The summed E-state index contributed by atoms with van der Waals surface area (Å²) in [4.78, 5) is 14.8. The molecule has 2 atom stereocenters. The second-order valence-electron chi connectivity index (χ2n) is 12.8. The number of nitrogens with one attached hydrogen (secondary N) is 1. The molecule has 44 heavy (non-hydrogen) atoms. The van der Waals surface area contributed by atoms with Crippen molar-refractivity contribution in [3.05, 3.63) is 58.8 Å². The number of rotatable bonds is 5. The predicted octanol–water partition coefficient (Wildman–Crippen LogP) is 6.55. The van der Waals surface area contributed by atoms with Crippen molar-refractivity contribution in [2.75, 3.05) is 38.1 Å². The minimum Gasteiger partial charge on any atom is -0.444 e. The molecule has 13 heteroatoms. The Hall–Kier alpha value is -3.45. The van der Waals surface area contributed by atoms with Gasteiger partial charge in [-0.3, -0.25) is 4.90 Å². The maximum Gasteiger partial charge on any atom is 0.410 e. The fourth-order valence-electron chi connectivity index (χ4n) is 6.41. The summed E-state index contributed by atoms with van der Waals surface area (Å²) in [5, 5.41) is 8.30. The highest BCUT2D eigenvalue weighted by atomic mass is 19.4. The third-order valence-electron chi connectivity index (χ3n) is 8.30. The van der Waals surface area contributed by atoms with Crippen LogP contribution in [-0.4, -0.2) is 76.3 Å². The van der Waals surface area contributed by atoms with Gasteiger partial charge in [-0.2, -0.15) is 18.3 Å². The molecule has 8 nitrogen and oxygen atoms in total. The Bertz CT molecular complexity index is 1520. The molecule has 1 amide bonds. The van der Waals surface area contributed by atoms with Crippen molar-refractivity contribution in [2.24, 2.45) is 0 Å². The molecular formula is C31H36F5N5O3. The number of halogens is 5. The quantitative estimate of drug-likeness (QED) is 0.326. The van der Waals surface area contributed by atoms with Gasteiger partial charge in [0, 0.05) is 42.9 Å². The zero-order valence-corrected chi connectivity index (χ0v) is 24.9. The van der Waals surface area contributed by atoms with Crippen LogP contribution in [0.1, 0.15) is 69.0 Å².